The van der Waals surface area contributed by atoms with Gasteiger partial charge in [-0.15, -0.1) is 0 Å². The largest absolute Gasteiger partial charge is 0.308 e. The van der Waals surface area contributed by atoms with Gasteiger partial charge in [0.15, 0.2) is 5.65 Å². The molecule has 0 unspecified atom stereocenters. The fourth-order valence-electron chi connectivity index (χ4n) is 2.18. The highest BCUT2D eigenvalue weighted by atomic mass is 35.5. The lowest BCUT2D eigenvalue weighted by Crippen LogP contribution is -2.01. The van der Waals surface area contributed by atoms with Crippen LogP contribution in [-0.2, 0) is 6.54 Å². The monoisotopic (exact) mass is 300 g/mol. The van der Waals surface area contributed by atoms with Crippen LogP contribution < -0.4 is 0 Å². The van der Waals surface area contributed by atoms with Crippen molar-refractivity contribution in [2.75, 3.05) is 0 Å². The van der Waals surface area contributed by atoms with Gasteiger partial charge in [0.25, 0.3) is 0 Å². The van der Waals surface area contributed by atoms with E-state index in [4.69, 9.17) is 16.9 Å². The van der Waals surface area contributed by atoms with Gasteiger partial charge in [0.1, 0.15) is 17.2 Å². The van der Waals surface area contributed by atoms with Gasteiger partial charge in [-0.1, -0.05) is 11.6 Å². The fourth-order valence-corrected chi connectivity index (χ4v) is 2.33. The lowest BCUT2D eigenvalue weighted by molar-refractivity contribution is 0.628. The molecule has 0 spiro atoms. The Bertz CT molecular complexity index is 833. The third kappa shape index (κ3) is 2.58. The van der Waals surface area contributed by atoms with Gasteiger partial charge in [-0.25, -0.2) is 14.4 Å². The van der Waals surface area contributed by atoms with Crippen molar-refractivity contribution in [2.45, 2.75) is 13.0 Å². The van der Waals surface area contributed by atoms with Gasteiger partial charge in [-0.2, -0.15) is 5.26 Å². The van der Waals surface area contributed by atoms with E-state index < -0.39 is 0 Å². The number of nitriles is 1. The lowest BCUT2D eigenvalue weighted by atomic mass is 10.2. The number of hydrogen-bond acceptors (Lipinski definition) is 3. The lowest BCUT2D eigenvalue weighted by Gasteiger charge is -2.06. The highest BCUT2D eigenvalue weighted by Gasteiger charge is 2.14. The quantitative estimate of drug-likeness (QED) is 0.739. The molecule has 0 bridgehead atoms. The molecule has 0 amide bonds. The Hall–Kier alpha value is -2.45. The van der Waals surface area contributed by atoms with E-state index in [0.29, 0.717) is 35.0 Å². The molecule has 3 aromatic rings. The summed E-state index contributed by atoms with van der Waals surface area (Å²) in [6.07, 6.45) is 1.88. The first-order valence-corrected chi connectivity index (χ1v) is 6.71. The minimum atomic E-state index is -0.306. The Balaban J connectivity index is 2.20. The van der Waals surface area contributed by atoms with E-state index in [0.717, 1.165) is 5.56 Å². The summed E-state index contributed by atoms with van der Waals surface area (Å²) in [5, 5.41) is 9.30. The topological polar surface area (TPSA) is 54.5 Å². The summed E-state index contributed by atoms with van der Waals surface area (Å²) >= 11 is 5.94. The fraction of sp³-hybridized carbons (Fsp3) is 0.133. The van der Waals surface area contributed by atoms with Crippen LogP contribution in [0.5, 0.6) is 0 Å². The van der Waals surface area contributed by atoms with E-state index in [1.54, 1.807) is 24.4 Å². The van der Waals surface area contributed by atoms with Crippen molar-refractivity contribution >= 4 is 22.8 Å². The summed E-state index contributed by atoms with van der Waals surface area (Å²) in [5.74, 6) is 0.342. The molecule has 0 saturated heterocycles. The van der Waals surface area contributed by atoms with Gasteiger partial charge in [-0.3, -0.25) is 0 Å². The number of aryl methyl sites for hydroxylation is 1. The summed E-state index contributed by atoms with van der Waals surface area (Å²) in [7, 11) is 0. The van der Waals surface area contributed by atoms with Crippen LogP contribution in [0.15, 0.2) is 36.5 Å². The predicted molar refractivity (Wildman–Crippen MR) is 78.2 cm³/mol. The number of nitrogens with zero attached hydrogens (tertiary/aromatic N) is 4. The Morgan fingerprint density at radius 3 is 2.76 bits per heavy atom. The van der Waals surface area contributed by atoms with Crippen molar-refractivity contribution in [2.24, 2.45) is 0 Å². The first-order valence-electron chi connectivity index (χ1n) is 6.33. The van der Waals surface area contributed by atoms with Crippen LogP contribution in [0.3, 0.4) is 0 Å². The average molecular weight is 301 g/mol. The highest BCUT2D eigenvalue weighted by molar-refractivity contribution is 6.31. The first kappa shape index (κ1) is 13.5. The van der Waals surface area contributed by atoms with Gasteiger partial charge < -0.3 is 4.57 Å². The standard InChI is InChI=1S/C15H10ClFN4/c16-11-8-13-15(19-9-11)21(7-1-6-18)14(20-13)10-2-4-12(17)5-3-10/h2-5,8-9H,1,7H2. The number of halogens is 2. The molecule has 0 aliphatic carbocycles. The molecule has 21 heavy (non-hydrogen) atoms. The van der Waals surface area contributed by atoms with Gasteiger partial charge in [0, 0.05) is 18.3 Å². The number of pyridine rings is 1. The smallest absolute Gasteiger partial charge is 0.160 e. The second-order valence-corrected chi connectivity index (χ2v) is 4.93. The summed E-state index contributed by atoms with van der Waals surface area (Å²) in [6.45, 7) is 0.467. The molecule has 2 heterocycles. The highest BCUT2D eigenvalue weighted by Crippen LogP contribution is 2.25. The third-order valence-corrected chi connectivity index (χ3v) is 3.31. The summed E-state index contributed by atoms with van der Waals surface area (Å²) in [4.78, 5) is 8.79. The second-order valence-electron chi connectivity index (χ2n) is 4.50. The number of hydrogen-bond donors (Lipinski definition) is 0. The Morgan fingerprint density at radius 2 is 2.05 bits per heavy atom. The minimum absolute atomic E-state index is 0.306. The zero-order valence-corrected chi connectivity index (χ0v) is 11.7. The predicted octanol–water partition coefficient (Wildman–Crippen LogP) is 3.80. The number of benzene rings is 1. The SMILES string of the molecule is N#CCCn1c(-c2ccc(F)cc2)nc2cc(Cl)cnc21. The summed E-state index contributed by atoms with van der Waals surface area (Å²) < 4.78 is 14.9. The van der Waals surface area contributed by atoms with E-state index in [9.17, 15) is 4.39 Å². The molecule has 2 aromatic heterocycles. The van der Waals surface area contributed by atoms with E-state index in [1.165, 1.54) is 12.1 Å². The van der Waals surface area contributed by atoms with E-state index in [-0.39, 0.29) is 5.82 Å². The molecule has 4 nitrogen and oxygen atoms in total. The van der Waals surface area contributed by atoms with Crippen molar-refractivity contribution in [1.82, 2.24) is 14.5 Å². The van der Waals surface area contributed by atoms with Crippen molar-refractivity contribution in [1.29, 1.82) is 5.26 Å². The molecule has 104 valence electrons. The first-order chi connectivity index (χ1) is 10.2. The maximum atomic E-state index is 13.1. The number of rotatable bonds is 3. The molecule has 0 fully saturated rings. The molecule has 6 heteroatoms. The van der Waals surface area contributed by atoms with Crippen molar-refractivity contribution in [3.8, 4) is 17.5 Å². The molecule has 0 radical (unpaired) electrons. The molecule has 3 rings (SSSR count). The molecule has 0 N–H and O–H groups in total. The van der Waals surface area contributed by atoms with Crippen LogP contribution in [0.4, 0.5) is 4.39 Å². The molecular weight excluding hydrogens is 291 g/mol. The minimum Gasteiger partial charge on any atom is -0.308 e. The van der Waals surface area contributed by atoms with Gasteiger partial charge in [0.2, 0.25) is 0 Å². The molecule has 0 saturated carbocycles. The number of fused-ring (bicyclic) bond motifs is 1. The number of imidazole rings is 1. The van der Waals surface area contributed by atoms with Crippen molar-refractivity contribution in [3.63, 3.8) is 0 Å². The van der Waals surface area contributed by atoms with Crippen LogP contribution in [0.25, 0.3) is 22.6 Å². The average Bonchev–Trinajstić information content (AvgIpc) is 2.83. The van der Waals surface area contributed by atoms with Gasteiger partial charge >= 0.3 is 0 Å². The van der Waals surface area contributed by atoms with Crippen LogP contribution in [0.1, 0.15) is 6.42 Å². The second kappa shape index (κ2) is 5.51. The van der Waals surface area contributed by atoms with Crippen LogP contribution in [-0.4, -0.2) is 14.5 Å². The molecule has 1 aromatic carbocycles. The zero-order valence-electron chi connectivity index (χ0n) is 10.9. The Labute approximate surface area is 125 Å². The summed E-state index contributed by atoms with van der Waals surface area (Å²) in [6, 6.07) is 9.89. The molecular formula is C15H10ClFN4. The molecule has 0 atom stereocenters. The van der Waals surface area contributed by atoms with E-state index >= 15 is 0 Å². The van der Waals surface area contributed by atoms with Gasteiger partial charge in [-0.05, 0) is 30.3 Å². The zero-order chi connectivity index (χ0) is 14.8. The normalized spacial score (nSPS) is 10.7. The molecule has 0 aliphatic rings. The summed E-state index contributed by atoms with van der Waals surface area (Å²) in [5.41, 5.74) is 2.08. The molecule has 0 aliphatic heterocycles. The maximum Gasteiger partial charge on any atom is 0.160 e. The van der Waals surface area contributed by atoms with E-state index in [2.05, 4.69) is 16.0 Å². The van der Waals surface area contributed by atoms with E-state index in [1.807, 2.05) is 4.57 Å². The van der Waals surface area contributed by atoms with Gasteiger partial charge in [0.05, 0.1) is 17.5 Å². The van der Waals surface area contributed by atoms with Crippen molar-refractivity contribution in [3.05, 3.63) is 47.4 Å². The van der Waals surface area contributed by atoms with Crippen LogP contribution in [0.2, 0.25) is 5.02 Å². The van der Waals surface area contributed by atoms with Crippen LogP contribution in [0, 0.1) is 17.1 Å². The maximum absolute atomic E-state index is 13.1. The van der Waals surface area contributed by atoms with Crippen molar-refractivity contribution < 1.29 is 4.39 Å². The Morgan fingerprint density at radius 1 is 1.29 bits per heavy atom. The van der Waals surface area contributed by atoms with Crippen LogP contribution >= 0.6 is 11.6 Å². The number of aromatic nitrogens is 3. The Kier molecular flexibility index (Phi) is 3.55. The third-order valence-electron chi connectivity index (χ3n) is 3.10.